The molecule has 0 aliphatic carbocycles. The van der Waals surface area contributed by atoms with Gasteiger partial charge in [0.15, 0.2) is 0 Å². The number of ether oxygens (including phenoxy) is 1. The topological polar surface area (TPSA) is 89.4 Å². The number of aromatic nitrogens is 3. The molecule has 0 bridgehead atoms. The van der Waals surface area contributed by atoms with Gasteiger partial charge in [0.05, 0.1) is 0 Å². The van der Waals surface area contributed by atoms with Crippen molar-refractivity contribution in [3.63, 3.8) is 0 Å². The summed E-state index contributed by atoms with van der Waals surface area (Å²) >= 11 is 0. The summed E-state index contributed by atoms with van der Waals surface area (Å²) in [4.78, 5) is 28.4. The predicted octanol–water partition coefficient (Wildman–Crippen LogP) is 2.13. The van der Waals surface area contributed by atoms with Crippen LogP contribution >= 0.6 is 0 Å². The van der Waals surface area contributed by atoms with Gasteiger partial charge in [0.2, 0.25) is 5.91 Å². The number of nitrogens with one attached hydrogen (secondary N) is 1. The van der Waals surface area contributed by atoms with E-state index in [1.165, 1.54) is 10.4 Å². The molecule has 8 nitrogen and oxygen atoms in total. The lowest BCUT2D eigenvalue weighted by Crippen LogP contribution is -2.38. The van der Waals surface area contributed by atoms with Crippen molar-refractivity contribution in [2.24, 2.45) is 0 Å². The largest absolute Gasteiger partial charge is 0.368 e. The molecule has 3 aromatic rings. The van der Waals surface area contributed by atoms with Crippen LogP contribution in [0.25, 0.3) is 11.0 Å². The van der Waals surface area contributed by atoms with Gasteiger partial charge < -0.3 is 15.0 Å². The summed E-state index contributed by atoms with van der Waals surface area (Å²) in [6, 6.07) is 13.5. The molecule has 30 heavy (non-hydrogen) atoms. The fraction of sp³-hybridized carbons (Fsp3) is 0.364. The number of hydrogen-bond acceptors (Lipinski definition) is 5. The molecule has 1 saturated heterocycles. The third kappa shape index (κ3) is 3.78. The Morgan fingerprint density at radius 2 is 1.90 bits per heavy atom. The molecule has 2 aliphatic heterocycles. The second kappa shape index (κ2) is 7.87. The van der Waals surface area contributed by atoms with Crippen LogP contribution in [-0.2, 0) is 33.8 Å². The van der Waals surface area contributed by atoms with Gasteiger partial charge in [-0.1, -0.05) is 18.2 Å². The lowest BCUT2D eigenvalue weighted by atomic mass is 9.99. The Bertz CT molecular complexity index is 1070. The van der Waals surface area contributed by atoms with Crippen LogP contribution in [0, 0.1) is 0 Å². The number of nitrogens with zero attached hydrogens (tertiary/aromatic N) is 4. The molecule has 0 unspecified atom stereocenters. The van der Waals surface area contributed by atoms with E-state index in [0.717, 1.165) is 41.5 Å². The Balaban J connectivity index is 1.26. The van der Waals surface area contributed by atoms with Gasteiger partial charge in [-0.15, -0.1) is 0 Å². The molecule has 1 atom stereocenters. The van der Waals surface area contributed by atoms with E-state index in [1.54, 1.807) is 0 Å². The Hall–Kier alpha value is -3.26. The first-order chi connectivity index (χ1) is 14.7. The molecule has 0 radical (unpaired) electrons. The van der Waals surface area contributed by atoms with Gasteiger partial charge in [0.1, 0.15) is 23.7 Å². The molecule has 154 valence electrons. The minimum atomic E-state index is -0.365. The molecule has 2 amide bonds. The monoisotopic (exact) mass is 405 g/mol. The smallest absolute Gasteiger partial charge is 0.253 e. The first-order valence-electron chi connectivity index (χ1n) is 10.3. The average molecular weight is 405 g/mol. The van der Waals surface area contributed by atoms with Gasteiger partial charge in [-0.05, 0) is 54.7 Å². The molecular weight excluding hydrogens is 382 g/mol. The second-order valence-corrected chi connectivity index (χ2v) is 7.76. The highest BCUT2D eigenvalue weighted by Gasteiger charge is 2.25. The molecule has 1 N–H and O–H groups in total. The van der Waals surface area contributed by atoms with Crippen molar-refractivity contribution in [1.29, 1.82) is 0 Å². The minimum absolute atomic E-state index is 0.0187. The van der Waals surface area contributed by atoms with Crippen LogP contribution in [0.5, 0.6) is 0 Å². The highest BCUT2D eigenvalue weighted by molar-refractivity contribution is 5.94. The van der Waals surface area contributed by atoms with Gasteiger partial charge >= 0.3 is 0 Å². The Morgan fingerprint density at radius 1 is 1.10 bits per heavy atom. The van der Waals surface area contributed by atoms with E-state index in [1.807, 2.05) is 47.4 Å². The zero-order valence-corrected chi connectivity index (χ0v) is 16.6. The van der Waals surface area contributed by atoms with Crippen molar-refractivity contribution < 1.29 is 14.3 Å². The molecule has 0 spiro atoms. The molecule has 0 saturated carbocycles. The van der Waals surface area contributed by atoms with Crippen molar-refractivity contribution >= 4 is 28.5 Å². The van der Waals surface area contributed by atoms with Crippen LogP contribution in [0.2, 0.25) is 0 Å². The van der Waals surface area contributed by atoms with Gasteiger partial charge in [0, 0.05) is 25.4 Å². The summed E-state index contributed by atoms with van der Waals surface area (Å²) in [6.45, 7) is 1.92. The van der Waals surface area contributed by atoms with Gasteiger partial charge in [-0.25, -0.2) is 0 Å². The predicted molar refractivity (Wildman–Crippen MR) is 111 cm³/mol. The van der Waals surface area contributed by atoms with E-state index in [0.29, 0.717) is 19.7 Å². The number of amides is 2. The van der Waals surface area contributed by atoms with Crippen molar-refractivity contribution in [1.82, 2.24) is 19.9 Å². The summed E-state index contributed by atoms with van der Waals surface area (Å²) in [5.74, 6) is -0.122. The standard InChI is InChI=1S/C22H23N5O3/c28-21(14-27-24-18-4-1-2-5-19(18)25-27)26-10-9-15-7-8-17(12-16(15)13-26)23-22(29)20-6-3-11-30-20/h1-2,4-5,7-8,12,20H,3,6,9-11,13-14H2,(H,23,29)/t20-/m0/s1. The first-order valence-corrected chi connectivity index (χ1v) is 10.3. The van der Waals surface area contributed by atoms with Gasteiger partial charge in [-0.3, -0.25) is 9.59 Å². The fourth-order valence-electron chi connectivity index (χ4n) is 4.05. The second-order valence-electron chi connectivity index (χ2n) is 7.76. The Morgan fingerprint density at radius 3 is 2.63 bits per heavy atom. The number of rotatable bonds is 4. The third-order valence-electron chi connectivity index (χ3n) is 5.67. The maximum Gasteiger partial charge on any atom is 0.253 e. The van der Waals surface area contributed by atoms with Crippen molar-refractivity contribution in [2.75, 3.05) is 18.5 Å². The maximum absolute atomic E-state index is 12.8. The lowest BCUT2D eigenvalue weighted by molar-refractivity contribution is -0.133. The molecule has 2 aromatic carbocycles. The van der Waals surface area contributed by atoms with Crippen molar-refractivity contribution in [2.45, 2.75) is 38.5 Å². The van der Waals surface area contributed by atoms with Crippen LogP contribution in [0.3, 0.4) is 0 Å². The molecule has 8 heteroatoms. The van der Waals surface area contributed by atoms with Crippen molar-refractivity contribution in [3.05, 3.63) is 53.6 Å². The summed E-state index contributed by atoms with van der Waals surface area (Å²) in [6.07, 6.45) is 2.10. The van der Waals surface area contributed by atoms with Crippen LogP contribution < -0.4 is 5.32 Å². The zero-order chi connectivity index (χ0) is 20.5. The number of benzene rings is 2. The highest BCUT2D eigenvalue weighted by atomic mass is 16.5. The first kappa shape index (κ1) is 18.7. The van der Waals surface area contributed by atoms with Crippen LogP contribution in [0.1, 0.15) is 24.0 Å². The van der Waals surface area contributed by atoms with Crippen molar-refractivity contribution in [3.8, 4) is 0 Å². The summed E-state index contributed by atoms with van der Waals surface area (Å²) in [7, 11) is 0. The van der Waals surface area contributed by atoms with Crippen LogP contribution in [0.4, 0.5) is 5.69 Å². The molecule has 3 heterocycles. The number of carbonyl (C=O) groups excluding carboxylic acids is 2. The molecule has 1 fully saturated rings. The minimum Gasteiger partial charge on any atom is -0.368 e. The molecule has 1 aromatic heterocycles. The lowest BCUT2D eigenvalue weighted by Gasteiger charge is -2.29. The van der Waals surface area contributed by atoms with Gasteiger partial charge in [0.25, 0.3) is 5.91 Å². The van der Waals surface area contributed by atoms with E-state index in [-0.39, 0.29) is 24.5 Å². The zero-order valence-electron chi connectivity index (χ0n) is 16.6. The fourth-order valence-corrected chi connectivity index (χ4v) is 4.05. The van der Waals surface area contributed by atoms with Crippen LogP contribution in [0.15, 0.2) is 42.5 Å². The number of hydrogen-bond donors (Lipinski definition) is 1. The summed E-state index contributed by atoms with van der Waals surface area (Å²) in [5.41, 5.74) is 4.56. The highest BCUT2D eigenvalue weighted by Crippen LogP contribution is 2.24. The van der Waals surface area contributed by atoms with E-state index in [9.17, 15) is 9.59 Å². The maximum atomic E-state index is 12.8. The molecule has 2 aliphatic rings. The third-order valence-corrected chi connectivity index (χ3v) is 5.67. The van der Waals surface area contributed by atoms with E-state index in [2.05, 4.69) is 15.5 Å². The molecular formula is C22H23N5O3. The normalized spacial score (nSPS) is 18.4. The number of anilines is 1. The SMILES string of the molecule is O=C(Nc1ccc2c(c1)CN(C(=O)Cn1nc3ccccc3n1)CC2)[C@@H]1CCCO1. The number of fused-ring (bicyclic) bond motifs is 2. The quantitative estimate of drug-likeness (QED) is 0.718. The van der Waals surface area contributed by atoms with Crippen LogP contribution in [-0.4, -0.2) is 51.0 Å². The summed E-state index contributed by atoms with van der Waals surface area (Å²) in [5, 5.41) is 11.7. The molecule has 5 rings (SSSR count). The Kier molecular flexibility index (Phi) is 4.92. The van der Waals surface area contributed by atoms with E-state index < -0.39 is 0 Å². The Labute approximate surface area is 173 Å². The summed E-state index contributed by atoms with van der Waals surface area (Å²) < 4.78 is 5.45. The average Bonchev–Trinajstić information content (AvgIpc) is 3.43. The van der Waals surface area contributed by atoms with E-state index in [4.69, 9.17) is 4.74 Å². The number of carbonyl (C=O) groups is 2. The van der Waals surface area contributed by atoms with Gasteiger partial charge in [-0.2, -0.15) is 15.0 Å². The van der Waals surface area contributed by atoms with E-state index >= 15 is 0 Å².